The molecule has 0 aliphatic heterocycles. The van der Waals surface area contributed by atoms with Gasteiger partial charge in [-0.25, -0.2) is 9.37 Å². The number of H-pyrrole nitrogens is 1. The number of hydrogen-bond acceptors (Lipinski definition) is 3. The summed E-state index contributed by atoms with van der Waals surface area (Å²) in [5, 5.41) is 7.15. The third kappa shape index (κ3) is 3.21. The van der Waals surface area contributed by atoms with E-state index in [1.54, 1.807) is 12.1 Å². The summed E-state index contributed by atoms with van der Waals surface area (Å²) in [7, 11) is 1.44. The highest BCUT2D eigenvalue weighted by molar-refractivity contribution is 5.62. The van der Waals surface area contributed by atoms with Crippen LogP contribution in [0.1, 0.15) is 5.56 Å². The quantitative estimate of drug-likeness (QED) is 0.590. The molecule has 2 heterocycles. The van der Waals surface area contributed by atoms with Crippen LogP contribution in [0.5, 0.6) is 5.75 Å². The van der Waals surface area contributed by atoms with Crippen LogP contribution in [-0.2, 0) is 6.54 Å². The van der Waals surface area contributed by atoms with E-state index in [9.17, 15) is 4.39 Å². The van der Waals surface area contributed by atoms with Crippen molar-refractivity contribution >= 4 is 0 Å². The molecule has 0 fully saturated rings. The zero-order valence-corrected chi connectivity index (χ0v) is 14.2. The third-order valence-electron chi connectivity index (χ3n) is 4.13. The Morgan fingerprint density at radius 3 is 2.65 bits per heavy atom. The van der Waals surface area contributed by atoms with Crippen molar-refractivity contribution in [3.63, 3.8) is 0 Å². The van der Waals surface area contributed by atoms with Crippen LogP contribution >= 0.6 is 0 Å². The Hall–Kier alpha value is -3.41. The van der Waals surface area contributed by atoms with Crippen LogP contribution in [0.4, 0.5) is 4.39 Å². The highest BCUT2D eigenvalue weighted by atomic mass is 19.1. The molecule has 0 unspecified atom stereocenters. The van der Waals surface area contributed by atoms with Gasteiger partial charge in [-0.3, -0.25) is 5.10 Å². The van der Waals surface area contributed by atoms with Crippen molar-refractivity contribution in [1.82, 2.24) is 19.7 Å². The number of aromatic nitrogens is 4. The number of aromatic amines is 1. The molecule has 6 heteroatoms. The molecule has 2 aromatic heterocycles. The van der Waals surface area contributed by atoms with Crippen LogP contribution in [0.2, 0.25) is 0 Å². The van der Waals surface area contributed by atoms with E-state index in [1.807, 2.05) is 36.7 Å². The van der Waals surface area contributed by atoms with Gasteiger partial charge in [-0.05, 0) is 42.0 Å². The van der Waals surface area contributed by atoms with Crippen LogP contribution in [0.3, 0.4) is 0 Å². The fraction of sp³-hybridized carbons (Fsp3) is 0.100. The fourth-order valence-electron chi connectivity index (χ4n) is 2.83. The van der Waals surface area contributed by atoms with Gasteiger partial charge in [0.05, 0.1) is 7.11 Å². The molecule has 5 nitrogen and oxygen atoms in total. The summed E-state index contributed by atoms with van der Waals surface area (Å²) in [6.07, 6.45) is 4.05. The van der Waals surface area contributed by atoms with Crippen LogP contribution in [0.25, 0.3) is 22.8 Å². The topological polar surface area (TPSA) is 55.7 Å². The van der Waals surface area contributed by atoms with Crippen LogP contribution in [-0.4, -0.2) is 26.9 Å². The van der Waals surface area contributed by atoms with Gasteiger partial charge in [0.1, 0.15) is 0 Å². The van der Waals surface area contributed by atoms with Crippen molar-refractivity contribution in [2.24, 2.45) is 0 Å². The summed E-state index contributed by atoms with van der Waals surface area (Å²) in [6.45, 7) is 0.780. The number of halogens is 1. The summed E-state index contributed by atoms with van der Waals surface area (Å²) in [5.74, 6) is 0.853. The van der Waals surface area contributed by atoms with E-state index >= 15 is 0 Å². The standard InChI is InChI=1S/C20H17FN4O/c1-26-18-8-7-16(12-17(18)21)20-22-19(23-24-20)15-6-4-5-14(11-15)13-25-9-2-3-10-25/h2-12H,13H2,1H3,(H,22,23,24). The molecule has 26 heavy (non-hydrogen) atoms. The molecule has 0 radical (unpaired) electrons. The van der Waals surface area contributed by atoms with Gasteiger partial charge in [-0.15, -0.1) is 0 Å². The van der Waals surface area contributed by atoms with Gasteiger partial charge in [0.25, 0.3) is 0 Å². The molecule has 0 aliphatic rings. The number of nitrogens with one attached hydrogen (secondary N) is 1. The number of rotatable bonds is 5. The summed E-state index contributed by atoms with van der Waals surface area (Å²) < 4.78 is 21.0. The van der Waals surface area contributed by atoms with E-state index in [0.717, 1.165) is 17.7 Å². The lowest BCUT2D eigenvalue weighted by atomic mass is 10.1. The highest BCUT2D eigenvalue weighted by Gasteiger charge is 2.11. The van der Waals surface area contributed by atoms with Gasteiger partial charge in [0, 0.05) is 30.1 Å². The number of benzene rings is 2. The van der Waals surface area contributed by atoms with E-state index in [4.69, 9.17) is 4.74 Å². The lowest BCUT2D eigenvalue weighted by molar-refractivity contribution is 0.386. The monoisotopic (exact) mass is 348 g/mol. The average Bonchev–Trinajstić information content (AvgIpc) is 3.34. The maximum Gasteiger partial charge on any atom is 0.181 e. The second-order valence-corrected chi connectivity index (χ2v) is 5.91. The van der Waals surface area contributed by atoms with Gasteiger partial charge in [0.15, 0.2) is 23.2 Å². The fourth-order valence-corrected chi connectivity index (χ4v) is 2.83. The van der Waals surface area contributed by atoms with Gasteiger partial charge < -0.3 is 9.30 Å². The number of ether oxygens (including phenoxy) is 1. The molecule has 0 spiro atoms. The first-order valence-corrected chi connectivity index (χ1v) is 8.19. The second kappa shape index (κ2) is 6.84. The molecule has 0 atom stereocenters. The first-order valence-electron chi connectivity index (χ1n) is 8.19. The van der Waals surface area contributed by atoms with Crippen molar-refractivity contribution in [3.05, 3.63) is 78.4 Å². The van der Waals surface area contributed by atoms with Gasteiger partial charge in [0.2, 0.25) is 0 Å². The molecule has 2 aromatic carbocycles. The molecule has 0 amide bonds. The van der Waals surface area contributed by atoms with E-state index in [-0.39, 0.29) is 5.75 Å². The third-order valence-corrected chi connectivity index (χ3v) is 4.13. The molecular formula is C20H17FN4O. The molecule has 0 saturated heterocycles. The van der Waals surface area contributed by atoms with Crippen LogP contribution in [0.15, 0.2) is 67.0 Å². The lowest BCUT2D eigenvalue weighted by Gasteiger charge is -2.04. The van der Waals surface area contributed by atoms with E-state index in [2.05, 4.69) is 31.9 Å². The van der Waals surface area contributed by atoms with Crippen molar-refractivity contribution in [2.45, 2.75) is 6.54 Å². The Balaban J connectivity index is 1.61. The molecule has 0 saturated carbocycles. The Bertz CT molecular complexity index is 1020. The normalized spacial score (nSPS) is 10.8. The summed E-state index contributed by atoms with van der Waals surface area (Å²) in [6, 6.07) is 16.8. The minimum atomic E-state index is -0.434. The predicted molar refractivity (Wildman–Crippen MR) is 97.3 cm³/mol. The molecule has 0 aliphatic carbocycles. The zero-order chi connectivity index (χ0) is 17.9. The Labute approximate surface area is 150 Å². The lowest BCUT2D eigenvalue weighted by Crippen LogP contribution is -1.96. The number of nitrogens with zero attached hydrogens (tertiary/aromatic N) is 3. The van der Waals surface area contributed by atoms with Crippen LogP contribution < -0.4 is 4.74 Å². The Morgan fingerprint density at radius 1 is 1.04 bits per heavy atom. The molecule has 130 valence electrons. The SMILES string of the molecule is COc1ccc(-c2nc(-c3cccc(Cn4cccc4)c3)n[nH]2)cc1F. The molecular weight excluding hydrogens is 331 g/mol. The van der Waals surface area contributed by atoms with Gasteiger partial charge in [-0.1, -0.05) is 18.2 Å². The number of methoxy groups -OCH3 is 1. The zero-order valence-electron chi connectivity index (χ0n) is 14.2. The minimum absolute atomic E-state index is 0.200. The van der Waals surface area contributed by atoms with E-state index < -0.39 is 5.82 Å². The average molecular weight is 348 g/mol. The maximum atomic E-state index is 13.9. The molecule has 1 N–H and O–H groups in total. The first kappa shape index (κ1) is 16.1. The van der Waals surface area contributed by atoms with E-state index in [1.165, 1.54) is 13.2 Å². The van der Waals surface area contributed by atoms with Gasteiger partial charge >= 0.3 is 0 Å². The summed E-state index contributed by atoms with van der Waals surface area (Å²) >= 11 is 0. The Kier molecular flexibility index (Phi) is 4.23. The predicted octanol–water partition coefficient (Wildman–Crippen LogP) is 4.14. The van der Waals surface area contributed by atoms with E-state index in [0.29, 0.717) is 17.2 Å². The van der Waals surface area contributed by atoms with Crippen molar-refractivity contribution < 1.29 is 9.13 Å². The minimum Gasteiger partial charge on any atom is -0.494 e. The maximum absolute atomic E-state index is 13.9. The first-order chi connectivity index (χ1) is 12.7. The van der Waals surface area contributed by atoms with Crippen molar-refractivity contribution in [2.75, 3.05) is 7.11 Å². The van der Waals surface area contributed by atoms with Crippen molar-refractivity contribution in [1.29, 1.82) is 0 Å². The van der Waals surface area contributed by atoms with Crippen LogP contribution in [0, 0.1) is 5.82 Å². The smallest absolute Gasteiger partial charge is 0.181 e. The van der Waals surface area contributed by atoms with Crippen molar-refractivity contribution in [3.8, 4) is 28.5 Å². The second-order valence-electron chi connectivity index (χ2n) is 5.91. The molecule has 4 aromatic rings. The summed E-state index contributed by atoms with van der Waals surface area (Å²) in [5.41, 5.74) is 2.68. The van der Waals surface area contributed by atoms with Gasteiger partial charge in [-0.2, -0.15) is 5.10 Å². The molecule has 4 rings (SSSR count). The number of hydrogen-bond donors (Lipinski definition) is 1. The Morgan fingerprint density at radius 2 is 1.88 bits per heavy atom. The largest absolute Gasteiger partial charge is 0.494 e. The molecule has 0 bridgehead atoms. The summed E-state index contributed by atoms with van der Waals surface area (Å²) in [4.78, 5) is 4.50. The highest BCUT2D eigenvalue weighted by Crippen LogP contribution is 2.25.